The van der Waals surface area contributed by atoms with E-state index in [0.29, 0.717) is 19.1 Å². The van der Waals surface area contributed by atoms with E-state index >= 15 is 0 Å². The van der Waals surface area contributed by atoms with Crippen molar-refractivity contribution < 1.29 is 23.7 Å². The van der Waals surface area contributed by atoms with Gasteiger partial charge in [0, 0.05) is 42.4 Å². The lowest BCUT2D eigenvalue weighted by molar-refractivity contribution is -0.150. The number of fused-ring (bicyclic) bond motifs is 1. The number of rotatable bonds is 9. The molecule has 5 nitrogen and oxygen atoms in total. The van der Waals surface area contributed by atoms with Gasteiger partial charge in [-0.05, 0) is 25.0 Å². The Hall–Kier alpha value is -1.34. The minimum Gasteiger partial charge on any atom is -0.462 e. The first-order chi connectivity index (χ1) is 13.7. The SMILES string of the molecule is COCCOCO[C@H]1CC[C@@H]2[C@H]1C=C[C@@H](Sc1ccccc1)C[C@@H]2OC(C)=O. The molecule has 0 radical (unpaired) electrons. The number of carbonyl (C=O) groups excluding carboxylic acids is 1. The highest BCUT2D eigenvalue weighted by molar-refractivity contribution is 8.00. The van der Waals surface area contributed by atoms with E-state index in [4.69, 9.17) is 18.9 Å². The average molecular weight is 407 g/mol. The Morgan fingerprint density at radius 2 is 1.93 bits per heavy atom. The van der Waals surface area contributed by atoms with Gasteiger partial charge in [-0.2, -0.15) is 0 Å². The third-order valence-electron chi connectivity index (χ3n) is 5.34. The maximum absolute atomic E-state index is 11.7. The van der Waals surface area contributed by atoms with E-state index in [2.05, 4.69) is 36.4 Å². The predicted octanol–water partition coefficient (Wildman–Crippen LogP) is 4.07. The van der Waals surface area contributed by atoms with Crippen molar-refractivity contribution in [3.63, 3.8) is 0 Å². The Kier molecular flexibility index (Phi) is 8.40. The van der Waals surface area contributed by atoms with Crippen LogP contribution in [-0.4, -0.2) is 50.5 Å². The van der Waals surface area contributed by atoms with Crippen molar-refractivity contribution in [3.05, 3.63) is 42.5 Å². The maximum Gasteiger partial charge on any atom is 0.302 e. The number of hydrogen-bond acceptors (Lipinski definition) is 6. The molecule has 0 bridgehead atoms. The van der Waals surface area contributed by atoms with Gasteiger partial charge in [0.25, 0.3) is 0 Å². The quantitative estimate of drug-likeness (QED) is 0.267. The molecule has 2 aliphatic carbocycles. The summed E-state index contributed by atoms with van der Waals surface area (Å²) < 4.78 is 22.2. The molecule has 1 aromatic carbocycles. The predicted molar refractivity (Wildman–Crippen MR) is 109 cm³/mol. The minimum atomic E-state index is -0.207. The number of carbonyl (C=O) groups is 1. The van der Waals surface area contributed by atoms with Crippen LogP contribution < -0.4 is 0 Å². The Bertz CT molecular complexity index is 635. The molecule has 0 N–H and O–H groups in total. The first-order valence-electron chi connectivity index (χ1n) is 9.93. The highest BCUT2D eigenvalue weighted by Crippen LogP contribution is 2.43. The smallest absolute Gasteiger partial charge is 0.302 e. The lowest BCUT2D eigenvalue weighted by Gasteiger charge is -2.28. The molecular weight excluding hydrogens is 376 g/mol. The summed E-state index contributed by atoms with van der Waals surface area (Å²) in [6, 6.07) is 10.4. The van der Waals surface area contributed by atoms with Crippen LogP contribution in [0.4, 0.5) is 0 Å². The summed E-state index contributed by atoms with van der Waals surface area (Å²) in [5.74, 6) is 0.337. The summed E-state index contributed by atoms with van der Waals surface area (Å²) >= 11 is 1.82. The van der Waals surface area contributed by atoms with Gasteiger partial charge in [0.05, 0.1) is 19.3 Å². The second-order valence-corrected chi connectivity index (χ2v) is 8.59. The van der Waals surface area contributed by atoms with Crippen molar-refractivity contribution in [2.24, 2.45) is 11.8 Å². The number of hydrogen-bond donors (Lipinski definition) is 0. The molecule has 2 aliphatic rings. The number of thioether (sulfide) groups is 1. The molecule has 6 heteroatoms. The van der Waals surface area contributed by atoms with Crippen LogP contribution in [0, 0.1) is 11.8 Å². The Morgan fingerprint density at radius 1 is 1.11 bits per heavy atom. The van der Waals surface area contributed by atoms with Gasteiger partial charge in [0.2, 0.25) is 0 Å². The van der Waals surface area contributed by atoms with Crippen LogP contribution in [0.1, 0.15) is 26.2 Å². The molecule has 0 spiro atoms. The molecule has 3 rings (SSSR count). The van der Waals surface area contributed by atoms with Crippen LogP contribution in [0.15, 0.2) is 47.4 Å². The van der Waals surface area contributed by atoms with Crippen molar-refractivity contribution in [1.82, 2.24) is 0 Å². The highest BCUT2D eigenvalue weighted by Gasteiger charge is 2.43. The standard InChI is InChI=1S/C22H30O5S/c1-16(23)27-22-14-18(28-17-6-4-3-5-7-17)8-9-19-20(22)10-11-21(19)26-15-25-13-12-24-2/h3-9,18-22H,10-15H2,1-2H3/t18-,19-,20-,21+,22+/m1/s1. The molecule has 5 atom stereocenters. The zero-order valence-electron chi connectivity index (χ0n) is 16.6. The maximum atomic E-state index is 11.7. The first-order valence-corrected chi connectivity index (χ1v) is 10.8. The van der Waals surface area contributed by atoms with Gasteiger partial charge >= 0.3 is 5.97 Å². The Labute approximate surface area is 171 Å². The van der Waals surface area contributed by atoms with Gasteiger partial charge in [0.15, 0.2) is 0 Å². The molecule has 0 aromatic heterocycles. The van der Waals surface area contributed by atoms with Crippen LogP contribution in [0.5, 0.6) is 0 Å². The third kappa shape index (κ3) is 6.08. The number of ether oxygens (including phenoxy) is 4. The number of benzene rings is 1. The van der Waals surface area contributed by atoms with Crippen molar-refractivity contribution in [2.45, 2.75) is 48.5 Å². The van der Waals surface area contributed by atoms with E-state index in [0.717, 1.165) is 19.3 Å². The summed E-state index contributed by atoms with van der Waals surface area (Å²) in [5, 5.41) is 0.274. The van der Waals surface area contributed by atoms with Gasteiger partial charge in [-0.25, -0.2) is 0 Å². The van der Waals surface area contributed by atoms with E-state index in [9.17, 15) is 4.79 Å². The molecule has 1 saturated carbocycles. The number of esters is 1. The lowest BCUT2D eigenvalue weighted by Crippen LogP contribution is -2.32. The molecular formula is C22H30O5S. The highest BCUT2D eigenvalue weighted by atomic mass is 32.2. The van der Waals surface area contributed by atoms with Crippen molar-refractivity contribution in [1.29, 1.82) is 0 Å². The zero-order valence-corrected chi connectivity index (χ0v) is 17.4. The van der Waals surface area contributed by atoms with Crippen molar-refractivity contribution >= 4 is 17.7 Å². The third-order valence-corrected chi connectivity index (χ3v) is 6.54. The molecule has 28 heavy (non-hydrogen) atoms. The van der Waals surface area contributed by atoms with E-state index in [-0.39, 0.29) is 36.1 Å². The lowest BCUT2D eigenvalue weighted by atomic mass is 9.89. The van der Waals surface area contributed by atoms with Crippen molar-refractivity contribution in [2.75, 3.05) is 27.1 Å². The van der Waals surface area contributed by atoms with E-state index in [1.165, 1.54) is 11.8 Å². The fraction of sp³-hybridized carbons (Fsp3) is 0.591. The summed E-state index contributed by atoms with van der Waals surface area (Å²) in [6.45, 7) is 2.86. The van der Waals surface area contributed by atoms with Gasteiger partial charge in [0.1, 0.15) is 12.9 Å². The Balaban J connectivity index is 1.65. The number of methoxy groups -OCH3 is 1. The second kappa shape index (κ2) is 11.0. The van der Waals surface area contributed by atoms with Crippen LogP contribution >= 0.6 is 11.8 Å². The van der Waals surface area contributed by atoms with Crippen LogP contribution in [0.2, 0.25) is 0 Å². The van der Waals surface area contributed by atoms with Crippen molar-refractivity contribution in [3.8, 4) is 0 Å². The van der Waals surface area contributed by atoms with E-state index in [1.54, 1.807) is 7.11 Å². The largest absolute Gasteiger partial charge is 0.462 e. The molecule has 0 heterocycles. The monoisotopic (exact) mass is 406 g/mol. The molecule has 1 fully saturated rings. The fourth-order valence-electron chi connectivity index (χ4n) is 4.09. The minimum absolute atomic E-state index is 0.0817. The summed E-state index contributed by atoms with van der Waals surface area (Å²) in [7, 11) is 1.65. The molecule has 1 aromatic rings. The van der Waals surface area contributed by atoms with Gasteiger partial charge in [-0.3, -0.25) is 4.79 Å². The van der Waals surface area contributed by atoms with Gasteiger partial charge in [-0.1, -0.05) is 30.4 Å². The topological polar surface area (TPSA) is 54.0 Å². The van der Waals surface area contributed by atoms with Crippen LogP contribution in [0.25, 0.3) is 0 Å². The van der Waals surface area contributed by atoms with Gasteiger partial charge in [-0.15, -0.1) is 11.8 Å². The van der Waals surface area contributed by atoms with Crippen LogP contribution in [0.3, 0.4) is 0 Å². The molecule has 154 valence electrons. The molecule has 0 amide bonds. The normalized spacial score (nSPS) is 29.3. The first kappa shape index (κ1) is 21.4. The van der Waals surface area contributed by atoms with Gasteiger partial charge < -0.3 is 18.9 Å². The molecule has 0 aliphatic heterocycles. The Morgan fingerprint density at radius 3 is 2.68 bits per heavy atom. The van der Waals surface area contributed by atoms with E-state index in [1.807, 2.05) is 17.8 Å². The molecule has 0 saturated heterocycles. The zero-order chi connectivity index (χ0) is 19.8. The average Bonchev–Trinajstić information content (AvgIpc) is 3.01. The van der Waals surface area contributed by atoms with Crippen LogP contribution in [-0.2, 0) is 23.7 Å². The second-order valence-electron chi connectivity index (χ2n) is 7.28. The fourth-order valence-corrected chi connectivity index (χ4v) is 5.21. The van der Waals surface area contributed by atoms with E-state index < -0.39 is 0 Å². The molecule has 0 unspecified atom stereocenters. The summed E-state index contributed by atoms with van der Waals surface area (Å²) in [4.78, 5) is 12.9. The summed E-state index contributed by atoms with van der Waals surface area (Å²) in [5.41, 5.74) is 0. The summed E-state index contributed by atoms with van der Waals surface area (Å²) in [6.07, 6.45) is 7.35.